The lowest BCUT2D eigenvalue weighted by molar-refractivity contribution is 0.377. The third kappa shape index (κ3) is 4.75. The van der Waals surface area contributed by atoms with Gasteiger partial charge < -0.3 is 4.90 Å². The molecule has 0 bridgehead atoms. The van der Waals surface area contributed by atoms with Gasteiger partial charge in [-0.05, 0) is 17.7 Å². The number of benzene rings is 1. The average Bonchev–Trinajstić information content (AvgIpc) is 2.84. The van der Waals surface area contributed by atoms with Crippen LogP contribution in [0.15, 0.2) is 35.4 Å². The normalized spacial score (nSPS) is 17.4. The number of rotatable bonds is 5. The second kappa shape index (κ2) is 8.90. The molecule has 0 spiro atoms. The quantitative estimate of drug-likeness (QED) is 0.885. The minimum Gasteiger partial charge on any atom is -0.324 e. The predicted octanol–water partition coefficient (Wildman–Crippen LogP) is 4.12. The summed E-state index contributed by atoms with van der Waals surface area (Å²) in [6, 6.07) is 10.6. The van der Waals surface area contributed by atoms with Gasteiger partial charge in [-0.25, -0.2) is 0 Å². The molecule has 0 saturated heterocycles. The van der Waals surface area contributed by atoms with Crippen LogP contribution < -0.4 is 5.43 Å². The molecule has 1 N–H and O–H groups in total. The van der Waals surface area contributed by atoms with E-state index in [1.54, 1.807) is 11.8 Å². The molecule has 1 heterocycles. The fourth-order valence-corrected chi connectivity index (χ4v) is 2.67. The summed E-state index contributed by atoms with van der Waals surface area (Å²) in [4.78, 5) is 2.36. The molecule has 1 aliphatic heterocycles. The van der Waals surface area contributed by atoms with Gasteiger partial charge in [0.2, 0.25) is 0 Å². The Bertz CT molecular complexity index is 403. The molecule has 1 aromatic rings. The van der Waals surface area contributed by atoms with Gasteiger partial charge in [-0.3, -0.25) is 5.43 Å². The number of amidine groups is 1. The summed E-state index contributed by atoms with van der Waals surface area (Å²) < 4.78 is 0. The van der Waals surface area contributed by atoms with Crippen LogP contribution in [0.4, 0.5) is 0 Å². The molecule has 0 radical (unpaired) electrons. The molecule has 3 nitrogen and oxygen atoms in total. The summed E-state index contributed by atoms with van der Waals surface area (Å²) in [5.74, 6) is 1.80. The van der Waals surface area contributed by atoms with Crippen LogP contribution >= 0.6 is 11.8 Å². The second-order valence-corrected chi connectivity index (χ2v) is 5.87. The van der Waals surface area contributed by atoms with Crippen LogP contribution in [0.2, 0.25) is 0 Å². The van der Waals surface area contributed by atoms with Gasteiger partial charge in [0.15, 0.2) is 5.50 Å². The molecule has 0 amide bonds. The Hall–Kier alpha value is -1.16. The third-order valence-electron chi connectivity index (χ3n) is 2.93. The number of nitrogens with one attached hydrogen (secondary N) is 1. The van der Waals surface area contributed by atoms with Crippen molar-refractivity contribution >= 4 is 17.6 Å². The number of nitrogens with zero attached hydrogens (tertiary/aromatic N) is 2. The van der Waals surface area contributed by atoms with E-state index in [-0.39, 0.29) is 5.50 Å². The van der Waals surface area contributed by atoms with Crippen molar-refractivity contribution in [3.63, 3.8) is 0 Å². The molecular weight excluding hydrogens is 266 g/mol. The van der Waals surface area contributed by atoms with Crippen LogP contribution in [-0.2, 0) is 6.54 Å². The summed E-state index contributed by atoms with van der Waals surface area (Å²) in [5, 5.41) is 4.48. The highest BCUT2D eigenvalue weighted by Crippen LogP contribution is 2.22. The van der Waals surface area contributed by atoms with Crippen molar-refractivity contribution in [2.45, 2.75) is 46.2 Å². The Morgan fingerprint density at radius 3 is 2.45 bits per heavy atom. The first-order valence-corrected chi connectivity index (χ1v) is 8.65. The van der Waals surface area contributed by atoms with Crippen LogP contribution in [0.1, 0.15) is 39.7 Å². The van der Waals surface area contributed by atoms with Gasteiger partial charge in [-0.2, -0.15) is 5.10 Å². The Balaban J connectivity index is 0.000000956. The van der Waals surface area contributed by atoms with Crippen molar-refractivity contribution in [1.29, 1.82) is 0 Å². The average molecular weight is 293 g/mol. The number of thioether (sulfide) groups is 1. The topological polar surface area (TPSA) is 27.6 Å². The largest absolute Gasteiger partial charge is 0.324 e. The zero-order valence-corrected chi connectivity index (χ0v) is 14.1. The second-order valence-electron chi connectivity index (χ2n) is 4.96. The van der Waals surface area contributed by atoms with Crippen molar-refractivity contribution in [2.75, 3.05) is 6.26 Å². The van der Waals surface area contributed by atoms with E-state index in [0.717, 1.165) is 13.0 Å². The van der Waals surface area contributed by atoms with Gasteiger partial charge in [0.1, 0.15) is 5.84 Å². The molecule has 0 aromatic heterocycles. The summed E-state index contributed by atoms with van der Waals surface area (Å²) in [6.07, 6.45) is 3.14. The van der Waals surface area contributed by atoms with E-state index in [1.165, 1.54) is 11.4 Å². The smallest absolute Gasteiger partial charge is 0.164 e. The minimum absolute atomic E-state index is 0.263. The van der Waals surface area contributed by atoms with Gasteiger partial charge >= 0.3 is 0 Å². The molecule has 0 fully saturated rings. The first kappa shape index (κ1) is 16.9. The Kier molecular flexibility index (Phi) is 7.52. The van der Waals surface area contributed by atoms with Crippen LogP contribution in [-0.4, -0.2) is 22.5 Å². The van der Waals surface area contributed by atoms with Crippen molar-refractivity contribution in [2.24, 2.45) is 11.0 Å². The van der Waals surface area contributed by atoms with Crippen LogP contribution in [0.25, 0.3) is 0 Å². The molecule has 0 aliphatic carbocycles. The molecule has 2 rings (SSSR count). The van der Waals surface area contributed by atoms with Gasteiger partial charge in [0.05, 0.1) is 0 Å². The molecule has 1 aromatic carbocycles. The van der Waals surface area contributed by atoms with Crippen molar-refractivity contribution in [3.05, 3.63) is 35.9 Å². The Morgan fingerprint density at radius 1 is 1.25 bits per heavy atom. The van der Waals surface area contributed by atoms with E-state index in [2.05, 4.69) is 65.9 Å². The van der Waals surface area contributed by atoms with Gasteiger partial charge in [0.25, 0.3) is 0 Å². The Morgan fingerprint density at radius 2 is 1.90 bits per heavy atom. The van der Waals surface area contributed by atoms with Gasteiger partial charge in [-0.1, -0.05) is 58.0 Å². The summed E-state index contributed by atoms with van der Waals surface area (Å²) in [5.41, 5.74) is 4.80. The fraction of sp³-hybridized carbons (Fsp3) is 0.562. The lowest BCUT2D eigenvalue weighted by atomic mass is 10.1. The number of hydrogen-bond acceptors (Lipinski definition) is 4. The van der Waals surface area contributed by atoms with Crippen molar-refractivity contribution in [3.8, 4) is 0 Å². The standard InChI is InChI=1S/C14H21N3S.C2H6/c1-11(2)9-13-15-16-14(18-3)17(13)10-12-7-5-4-6-8-12;1-2/h4-8,11,14,16H,9-10H2,1-3H3;1-2H3. The highest BCUT2D eigenvalue weighted by atomic mass is 32.2. The molecule has 20 heavy (non-hydrogen) atoms. The number of hydrogen-bond donors (Lipinski definition) is 1. The maximum Gasteiger partial charge on any atom is 0.164 e. The van der Waals surface area contributed by atoms with E-state index in [4.69, 9.17) is 0 Å². The highest BCUT2D eigenvalue weighted by Gasteiger charge is 2.26. The minimum atomic E-state index is 0.263. The molecule has 112 valence electrons. The molecule has 0 saturated carbocycles. The van der Waals surface area contributed by atoms with E-state index in [1.807, 2.05) is 13.8 Å². The number of hydrazone groups is 1. The van der Waals surface area contributed by atoms with E-state index >= 15 is 0 Å². The molecule has 1 aliphatic rings. The third-order valence-corrected chi connectivity index (χ3v) is 3.73. The highest BCUT2D eigenvalue weighted by molar-refractivity contribution is 7.99. The summed E-state index contributed by atoms with van der Waals surface area (Å²) in [6.45, 7) is 9.39. The van der Waals surface area contributed by atoms with Crippen LogP contribution in [0.3, 0.4) is 0 Å². The molecular formula is C16H27N3S. The van der Waals surface area contributed by atoms with Gasteiger partial charge in [0, 0.05) is 13.0 Å². The van der Waals surface area contributed by atoms with Crippen LogP contribution in [0, 0.1) is 5.92 Å². The van der Waals surface area contributed by atoms with Gasteiger partial charge in [-0.15, -0.1) is 11.8 Å². The van der Waals surface area contributed by atoms with Crippen molar-refractivity contribution < 1.29 is 0 Å². The predicted molar refractivity (Wildman–Crippen MR) is 90.7 cm³/mol. The SMILES string of the molecule is CC.CSC1NN=C(CC(C)C)N1Cc1ccccc1. The maximum absolute atomic E-state index is 4.48. The lowest BCUT2D eigenvalue weighted by Gasteiger charge is -2.26. The fourth-order valence-electron chi connectivity index (χ4n) is 2.06. The summed E-state index contributed by atoms with van der Waals surface area (Å²) >= 11 is 1.79. The summed E-state index contributed by atoms with van der Waals surface area (Å²) in [7, 11) is 0. The zero-order valence-electron chi connectivity index (χ0n) is 13.3. The van der Waals surface area contributed by atoms with E-state index < -0.39 is 0 Å². The monoisotopic (exact) mass is 293 g/mol. The molecule has 1 unspecified atom stereocenters. The molecule has 1 atom stereocenters. The van der Waals surface area contributed by atoms with E-state index in [0.29, 0.717) is 5.92 Å². The first-order chi connectivity index (χ1) is 9.70. The first-order valence-electron chi connectivity index (χ1n) is 7.36. The lowest BCUT2D eigenvalue weighted by Crippen LogP contribution is -2.37. The van der Waals surface area contributed by atoms with Crippen molar-refractivity contribution in [1.82, 2.24) is 10.3 Å². The maximum atomic E-state index is 4.48. The molecule has 4 heteroatoms. The van der Waals surface area contributed by atoms with E-state index in [9.17, 15) is 0 Å². The van der Waals surface area contributed by atoms with Crippen LogP contribution in [0.5, 0.6) is 0 Å². The zero-order chi connectivity index (χ0) is 15.0. The Labute approximate surface area is 127 Å².